The highest BCUT2D eigenvalue weighted by atomic mass is 16.1. The van der Waals surface area contributed by atoms with E-state index < -0.39 is 0 Å². The highest BCUT2D eigenvalue weighted by Gasteiger charge is 2.18. The molecule has 0 spiro atoms. The fourth-order valence-electron chi connectivity index (χ4n) is 3.03. The van der Waals surface area contributed by atoms with Crippen molar-refractivity contribution in [3.63, 3.8) is 0 Å². The van der Waals surface area contributed by atoms with Crippen molar-refractivity contribution >= 4 is 5.82 Å². The molecule has 19 heavy (non-hydrogen) atoms. The Morgan fingerprint density at radius 3 is 3.05 bits per heavy atom. The van der Waals surface area contributed by atoms with Gasteiger partial charge in [0, 0.05) is 25.5 Å². The fraction of sp³-hybridized carbons (Fsp3) is 0.733. The zero-order chi connectivity index (χ0) is 13.7. The van der Waals surface area contributed by atoms with Crippen LogP contribution in [0.15, 0.2) is 17.2 Å². The largest absolute Gasteiger partial charge is 0.365 e. The summed E-state index contributed by atoms with van der Waals surface area (Å²) >= 11 is 0. The molecule has 0 bridgehead atoms. The lowest BCUT2D eigenvalue weighted by Crippen LogP contribution is -2.25. The highest BCUT2D eigenvalue weighted by Crippen LogP contribution is 2.30. The lowest BCUT2D eigenvalue weighted by Gasteiger charge is -2.26. The molecule has 0 aliphatic heterocycles. The molecule has 1 aliphatic carbocycles. The first-order valence-electron chi connectivity index (χ1n) is 7.50. The summed E-state index contributed by atoms with van der Waals surface area (Å²) in [5.74, 6) is 2.17. The summed E-state index contributed by atoms with van der Waals surface area (Å²) in [6.45, 7) is 5.86. The average Bonchev–Trinajstić information content (AvgIpc) is 2.41. The van der Waals surface area contributed by atoms with Crippen molar-refractivity contribution in [1.82, 2.24) is 9.55 Å². The zero-order valence-electron chi connectivity index (χ0n) is 12.1. The van der Waals surface area contributed by atoms with E-state index in [2.05, 4.69) is 17.2 Å². The molecular formula is C15H25N3O. The Kier molecular flexibility index (Phi) is 5.00. The first kappa shape index (κ1) is 14.1. The van der Waals surface area contributed by atoms with Crippen LogP contribution in [0, 0.1) is 11.8 Å². The Morgan fingerprint density at radius 1 is 1.47 bits per heavy atom. The molecule has 0 saturated heterocycles. The third-order valence-electron chi connectivity index (χ3n) is 4.14. The van der Waals surface area contributed by atoms with E-state index in [1.165, 1.54) is 25.7 Å². The summed E-state index contributed by atoms with van der Waals surface area (Å²) in [5.41, 5.74) is -0.0120. The maximum Gasteiger partial charge on any atom is 0.293 e. The topological polar surface area (TPSA) is 46.9 Å². The van der Waals surface area contributed by atoms with Gasteiger partial charge in [-0.25, -0.2) is 4.98 Å². The molecule has 4 nitrogen and oxygen atoms in total. The van der Waals surface area contributed by atoms with Crippen LogP contribution in [0.1, 0.15) is 46.0 Å². The lowest BCUT2D eigenvalue weighted by atomic mass is 9.81. The van der Waals surface area contributed by atoms with Gasteiger partial charge >= 0.3 is 0 Å². The Morgan fingerprint density at radius 2 is 2.32 bits per heavy atom. The molecule has 4 heteroatoms. The second kappa shape index (κ2) is 6.73. The van der Waals surface area contributed by atoms with Gasteiger partial charge < -0.3 is 9.88 Å². The highest BCUT2D eigenvalue weighted by molar-refractivity contribution is 5.30. The van der Waals surface area contributed by atoms with Crippen LogP contribution < -0.4 is 10.9 Å². The number of nitrogens with zero attached hydrogens (tertiary/aromatic N) is 2. The number of hydrogen-bond donors (Lipinski definition) is 1. The van der Waals surface area contributed by atoms with Crippen molar-refractivity contribution in [3.05, 3.63) is 22.7 Å². The van der Waals surface area contributed by atoms with Gasteiger partial charge in [-0.3, -0.25) is 4.79 Å². The van der Waals surface area contributed by atoms with Crippen LogP contribution >= 0.6 is 0 Å². The van der Waals surface area contributed by atoms with E-state index in [1.807, 2.05) is 6.92 Å². The van der Waals surface area contributed by atoms with Crippen molar-refractivity contribution in [2.45, 2.75) is 52.5 Å². The van der Waals surface area contributed by atoms with Crippen LogP contribution in [0.25, 0.3) is 0 Å². The monoisotopic (exact) mass is 263 g/mol. The van der Waals surface area contributed by atoms with Crippen LogP contribution in [-0.4, -0.2) is 16.1 Å². The van der Waals surface area contributed by atoms with Gasteiger partial charge in [0.1, 0.15) is 0 Å². The average molecular weight is 263 g/mol. The van der Waals surface area contributed by atoms with Gasteiger partial charge in [0.05, 0.1) is 0 Å². The van der Waals surface area contributed by atoms with Gasteiger partial charge in [0.15, 0.2) is 5.82 Å². The molecule has 1 aromatic rings. The second-order valence-electron chi connectivity index (χ2n) is 5.72. The van der Waals surface area contributed by atoms with E-state index in [1.54, 1.807) is 17.0 Å². The molecule has 2 atom stereocenters. The molecule has 106 valence electrons. The fourth-order valence-corrected chi connectivity index (χ4v) is 3.03. The van der Waals surface area contributed by atoms with Crippen LogP contribution in [-0.2, 0) is 6.54 Å². The van der Waals surface area contributed by atoms with Gasteiger partial charge in [0.25, 0.3) is 5.56 Å². The molecular weight excluding hydrogens is 238 g/mol. The Bertz CT molecular complexity index is 455. The molecule has 1 saturated carbocycles. The molecule has 1 N–H and O–H groups in total. The van der Waals surface area contributed by atoms with Crippen LogP contribution in [0.2, 0.25) is 0 Å². The molecule has 0 amide bonds. The van der Waals surface area contributed by atoms with Crippen molar-refractivity contribution in [1.29, 1.82) is 0 Å². The molecule has 1 aromatic heterocycles. The number of hydrogen-bond acceptors (Lipinski definition) is 3. The van der Waals surface area contributed by atoms with Crippen LogP contribution in [0.5, 0.6) is 0 Å². The van der Waals surface area contributed by atoms with Crippen molar-refractivity contribution in [2.75, 3.05) is 11.9 Å². The van der Waals surface area contributed by atoms with Gasteiger partial charge in [0.2, 0.25) is 0 Å². The van der Waals surface area contributed by atoms with Crippen molar-refractivity contribution in [2.24, 2.45) is 11.8 Å². The first-order valence-corrected chi connectivity index (χ1v) is 7.50. The van der Waals surface area contributed by atoms with Gasteiger partial charge in [-0.1, -0.05) is 26.2 Å². The number of aryl methyl sites for hydroxylation is 1. The number of aromatic nitrogens is 2. The maximum atomic E-state index is 12.0. The minimum Gasteiger partial charge on any atom is -0.365 e. The standard InChI is InChI=1S/C15H25N3O/c1-3-18-10-9-17-14(15(18)19)16-8-7-13-6-4-5-12(2)11-13/h9-10,12-13H,3-8,11H2,1-2H3,(H,16,17). The zero-order valence-corrected chi connectivity index (χ0v) is 12.1. The minimum absolute atomic E-state index is 0.0120. The van der Waals surface area contributed by atoms with E-state index in [0.29, 0.717) is 12.4 Å². The van der Waals surface area contributed by atoms with E-state index in [9.17, 15) is 4.79 Å². The molecule has 1 heterocycles. The van der Waals surface area contributed by atoms with E-state index >= 15 is 0 Å². The first-order chi connectivity index (χ1) is 9.20. The van der Waals surface area contributed by atoms with Gasteiger partial charge in [-0.15, -0.1) is 0 Å². The second-order valence-corrected chi connectivity index (χ2v) is 5.72. The summed E-state index contributed by atoms with van der Waals surface area (Å²) in [6.07, 6.45) is 9.98. The maximum absolute atomic E-state index is 12.0. The normalized spacial score (nSPS) is 23.3. The number of anilines is 1. The number of nitrogens with one attached hydrogen (secondary N) is 1. The van der Waals surface area contributed by atoms with Crippen molar-refractivity contribution in [3.8, 4) is 0 Å². The molecule has 2 unspecified atom stereocenters. The summed E-state index contributed by atoms with van der Waals surface area (Å²) in [6, 6.07) is 0. The molecule has 0 aromatic carbocycles. The van der Waals surface area contributed by atoms with E-state index in [0.717, 1.165) is 24.8 Å². The summed E-state index contributed by atoms with van der Waals surface area (Å²) < 4.78 is 1.68. The van der Waals surface area contributed by atoms with Gasteiger partial charge in [-0.05, 0) is 31.6 Å². The van der Waals surface area contributed by atoms with Gasteiger partial charge in [-0.2, -0.15) is 0 Å². The molecule has 1 aliphatic rings. The smallest absolute Gasteiger partial charge is 0.293 e. The molecule has 1 fully saturated rings. The summed E-state index contributed by atoms with van der Waals surface area (Å²) in [7, 11) is 0. The summed E-state index contributed by atoms with van der Waals surface area (Å²) in [4.78, 5) is 16.1. The molecule has 2 rings (SSSR count). The minimum atomic E-state index is -0.0120. The predicted molar refractivity (Wildman–Crippen MR) is 78.4 cm³/mol. The molecule has 0 radical (unpaired) electrons. The van der Waals surface area contributed by atoms with Crippen LogP contribution in [0.4, 0.5) is 5.82 Å². The quantitative estimate of drug-likeness (QED) is 0.888. The Hall–Kier alpha value is -1.32. The predicted octanol–water partition coefficient (Wildman–Crippen LogP) is 2.89. The van der Waals surface area contributed by atoms with E-state index in [-0.39, 0.29) is 5.56 Å². The van der Waals surface area contributed by atoms with E-state index in [4.69, 9.17) is 0 Å². The van der Waals surface area contributed by atoms with Crippen molar-refractivity contribution < 1.29 is 0 Å². The third-order valence-corrected chi connectivity index (χ3v) is 4.14. The van der Waals surface area contributed by atoms with Crippen LogP contribution in [0.3, 0.4) is 0 Å². The Balaban J connectivity index is 1.84. The third kappa shape index (κ3) is 3.82. The SMILES string of the molecule is CCn1ccnc(NCCC2CCCC(C)C2)c1=O. The Labute approximate surface area is 115 Å². The lowest BCUT2D eigenvalue weighted by molar-refractivity contribution is 0.274. The summed E-state index contributed by atoms with van der Waals surface area (Å²) in [5, 5.41) is 3.21. The number of rotatable bonds is 5.